The zero-order valence-corrected chi connectivity index (χ0v) is 14.7. The van der Waals surface area contributed by atoms with E-state index >= 15 is 0 Å². The summed E-state index contributed by atoms with van der Waals surface area (Å²) in [7, 11) is 1.77. The van der Waals surface area contributed by atoms with Crippen LogP contribution in [0.4, 0.5) is 5.69 Å². The molecule has 5 heteroatoms. The van der Waals surface area contributed by atoms with Gasteiger partial charge in [0.05, 0.1) is 0 Å². The van der Waals surface area contributed by atoms with Crippen LogP contribution in [0.2, 0.25) is 0 Å². The smallest absolute Gasteiger partial charge is 0.276 e. The van der Waals surface area contributed by atoms with E-state index in [0.717, 1.165) is 24.9 Å². The number of carbonyl (C=O) groups excluding carboxylic acids is 2. The largest absolute Gasteiger partial charge is 0.340 e. The number of fused-ring (bicyclic) bond motifs is 1. The Balaban J connectivity index is 1.80. The number of anilines is 1. The number of hydrogen-bond donors (Lipinski definition) is 0. The minimum atomic E-state index is -0.157. The Morgan fingerprint density at radius 3 is 2.68 bits per heavy atom. The number of carbonyl (C=O) groups is 2. The molecule has 0 saturated carbocycles. The van der Waals surface area contributed by atoms with E-state index in [9.17, 15) is 9.59 Å². The van der Waals surface area contributed by atoms with Crippen LogP contribution in [0.25, 0.3) is 0 Å². The van der Waals surface area contributed by atoms with Crippen LogP contribution in [0.3, 0.4) is 0 Å². The predicted molar refractivity (Wildman–Crippen MR) is 97.9 cm³/mol. The summed E-state index contributed by atoms with van der Waals surface area (Å²) < 4.78 is 0. The number of aromatic nitrogens is 1. The number of rotatable bonds is 5. The van der Waals surface area contributed by atoms with Crippen LogP contribution in [-0.2, 0) is 6.42 Å². The summed E-state index contributed by atoms with van der Waals surface area (Å²) >= 11 is 0. The normalized spacial score (nSPS) is 12.8. The van der Waals surface area contributed by atoms with Gasteiger partial charge in [0.1, 0.15) is 11.4 Å². The zero-order chi connectivity index (χ0) is 17.8. The summed E-state index contributed by atoms with van der Waals surface area (Å²) in [5, 5.41) is 0. The fourth-order valence-electron chi connectivity index (χ4n) is 3.05. The average Bonchev–Trinajstić information content (AvgIpc) is 3.09. The molecule has 2 heterocycles. The molecule has 0 N–H and O–H groups in total. The van der Waals surface area contributed by atoms with E-state index in [1.54, 1.807) is 35.0 Å². The lowest BCUT2D eigenvalue weighted by Crippen LogP contribution is -2.31. The molecule has 0 bridgehead atoms. The molecule has 1 aromatic heterocycles. The molecular weight excluding hydrogens is 314 g/mol. The first kappa shape index (κ1) is 17.1. The standard InChI is InChI=1S/C20H23N3O2/c1-3-4-13-22(2)19(24)16-9-7-10-17(21-16)20(25)23-14-12-15-8-5-6-11-18(15)23/h5-11H,3-4,12-14H2,1-2H3. The molecule has 2 aromatic rings. The molecule has 0 unspecified atom stereocenters. The van der Waals surface area contributed by atoms with Gasteiger partial charge in [-0.15, -0.1) is 0 Å². The molecule has 0 aliphatic carbocycles. The maximum atomic E-state index is 12.9. The first-order chi connectivity index (χ1) is 12.1. The quantitative estimate of drug-likeness (QED) is 0.842. The molecule has 5 nitrogen and oxygen atoms in total. The molecule has 25 heavy (non-hydrogen) atoms. The number of nitrogens with zero attached hydrogens (tertiary/aromatic N) is 3. The Kier molecular flexibility index (Phi) is 5.12. The van der Waals surface area contributed by atoms with Crippen molar-refractivity contribution < 1.29 is 9.59 Å². The lowest BCUT2D eigenvalue weighted by Gasteiger charge is -2.18. The van der Waals surface area contributed by atoms with Gasteiger partial charge < -0.3 is 9.80 Å². The van der Waals surface area contributed by atoms with Crippen LogP contribution < -0.4 is 4.90 Å². The average molecular weight is 337 g/mol. The van der Waals surface area contributed by atoms with Gasteiger partial charge in [0.25, 0.3) is 11.8 Å². The molecular formula is C20H23N3O2. The van der Waals surface area contributed by atoms with Crippen molar-refractivity contribution in [2.24, 2.45) is 0 Å². The van der Waals surface area contributed by atoms with Crippen molar-refractivity contribution in [3.63, 3.8) is 0 Å². The van der Waals surface area contributed by atoms with Crippen LogP contribution in [0.1, 0.15) is 46.3 Å². The summed E-state index contributed by atoms with van der Waals surface area (Å²) in [6, 6.07) is 13.0. The minimum Gasteiger partial charge on any atom is -0.340 e. The second-order valence-corrected chi connectivity index (χ2v) is 6.32. The highest BCUT2D eigenvalue weighted by atomic mass is 16.2. The van der Waals surface area contributed by atoms with Crippen LogP contribution in [-0.4, -0.2) is 41.8 Å². The van der Waals surface area contributed by atoms with Crippen LogP contribution in [0, 0.1) is 0 Å². The fourth-order valence-corrected chi connectivity index (χ4v) is 3.05. The van der Waals surface area contributed by atoms with Crippen molar-refractivity contribution in [3.05, 3.63) is 59.4 Å². The SMILES string of the molecule is CCCCN(C)C(=O)c1cccc(C(=O)N2CCc3ccccc32)n1. The number of para-hydroxylation sites is 1. The molecule has 1 aliphatic heterocycles. The monoisotopic (exact) mass is 337 g/mol. The molecule has 1 aromatic carbocycles. The Morgan fingerprint density at radius 2 is 1.88 bits per heavy atom. The van der Waals surface area contributed by atoms with E-state index in [4.69, 9.17) is 0 Å². The lowest BCUT2D eigenvalue weighted by molar-refractivity contribution is 0.0787. The van der Waals surface area contributed by atoms with Crippen molar-refractivity contribution in [1.29, 1.82) is 0 Å². The van der Waals surface area contributed by atoms with E-state index in [2.05, 4.69) is 11.9 Å². The molecule has 0 spiro atoms. The minimum absolute atomic E-state index is 0.148. The third kappa shape index (κ3) is 3.55. The van der Waals surface area contributed by atoms with E-state index in [-0.39, 0.29) is 11.8 Å². The number of pyridine rings is 1. The molecule has 2 amide bonds. The Bertz CT molecular complexity index is 788. The van der Waals surface area contributed by atoms with Crippen molar-refractivity contribution in [3.8, 4) is 0 Å². The molecule has 130 valence electrons. The van der Waals surface area contributed by atoms with E-state index in [0.29, 0.717) is 24.5 Å². The van der Waals surface area contributed by atoms with E-state index in [1.807, 2.05) is 24.3 Å². The molecule has 0 atom stereocenters. The number of amides is 2. The zero-order valence-electron chi connectivity index (χ0n) is 14.7. The molecule has 0 fully saturated rings. The van der Waals surface area contributed by atoms with Crippen molar-refractivity contribution >= 4 is 17.5 Å². The lowest BCUT2D eigenvalue weighted by atomic mass is 10.2. The van der Waals surface area contributed by atoms with Gasteiger partial charge >= 0.3 is 0 Å². The first-order valence-electron chi connectivity index (χ1n) is 8.74. The van der Waals surface area contributed by atoms with Gasteiger partial charge in [-0.3, -0.25) is 9.59 Å². The van der Waals surface area contributed by atoms with Crippen LogP contribution >= 0.6 is 0 Å². The van der Waals surface area contributed by atoms with Gasteiger partial charge in [-0.2, -0.15) is 0 Å². The second-order valence-electron chi connectivity index (χ2n) is 6.32. The van der Waals surface area contributed by atoms with Gasteiger partial charge in [0.2, 0.25) is 0 Å². The third-order valence-corrected chi connectivity index (χ3v) is 4.51. The fraction of sp³-hybridized carbons (Fsp3) is 0.350. The van der Waals surface area contributed by atoms with Gasteiger partial charge in [-0.25, -0.2) is 4.98 Å². The maximum Gasteiger partial charge on any atom is 0.276 e. The topological polar surface area (TPSA) is 53.5 Å². The molecule has 1 aliphatic rings. The summed E-state index contributed by atoms with van der Waals surface area (Å²) in [6.07, 6.45) is 2.82. The highest BCUT2D eigenvalue weighted by molar-refractivity contribution is 6.06. The Hall–Kier alpha value is -2.69. The molecule has 0 saturated heterocycles. The number of benzene rings is 1. The highest BCUT2D eigenvalue weighted by Crippen LogP contribution is 2.28. The van der Waals surface area contributed by atoms with Gasteiger partial charge in [-0.1, -0.05) is 37.6 Å². The Morgan fingerprint density at radius 1 is 1.12 bits per heavy atom. The predicted octanol–water partition coefficient (Wildman–Crippen LogP) is 3.16. The second kappa shape index (κ2) is 7.47. The molecule has 0 radical (unpaired) electrons. The third-order valence-electron chi connectivity index (χ3n) is 4.51. The number of unbranched alkanes of at least 4 members (excludes halogenated alkanes) is 1. The van der Waals surface area contributed by atoms with Crippen molar-refractivity contribution in [2.75, 3.05) is 25.0 Å². The first-order valence-corrected chi connectivity index (χ1v) is 8.74. The molecule has 3 rings (SSSR count). The van der Waals surface area contributed by atoms with Gasteiger partial charge in [-0.05, 0) is 36.6 Å². The van der Waals surface area contributed by atoms with Crippen LogP contribution in [0.5, 0.6) is 0 Å². The summed E-state index contributed by atoms with van der Waals surface area (Å²) in [5.74, 6) is -0.305. The van der Waals surface area contributed by atoms with E-state index in [1.165, 1.54) is 5.56 Å². The Labute approximate surface area is 148 Å². The van der Waals surface area contributed by atoms with Crippen molar-refractivity contribution in [2.45, 2.75) is 26.2 Å². The van der Waals surface area contributed by atoms with E-state index < -0.39 is 0 Å². The summed E-state index contributed by atoms with van der Waals surface area (Å²) in [6.45, 7) is 3.42. The maximum absolute atomic E-state index is 12.9. The number of hydrogen-bond acceptors (Lipinski definition) is 3. The van der Waals surface area contributed by atoms with Gasteiger partial charge in [0, 0.05) is 25.8 Å². The summed E-state index contributed by atoms with van der Waals surface area (Å²) in [4.78, 5) is 33.1. The summed E-state index contributed by atoms with van der Waals surface area (Å²) in [5.41, 5.74) is 2.73. The van der Waals surface area contributed by atoms with Crippen molar-refractivity contribution in [1.82, 2.24) is 9.88 Å². The van der Waals surface area contributed by atoms with Crippen LogP contribution in [0.15, 0.2) is 42.5 Å². The van der Waals surface area contributed by atoms with Gasteiger partial charge in [0.15, 0.2) is 0 Å². The highest BCUT2D eigenvalue weighted by Gasteiger charge is 2.26.